The summed E-state index contributed by atoms with van der Waals surface area (Å²) in [5, 5.41) is 2.59. The van der Waals surface area contributed by atoms with Gasteiger partial charge in [0.25, 0.3) is 5.91 Å². The molecule has 2 aliphatic rings. The SMILES string of the molecule is CC(C)(C)OC(=O)N1CCC2(CC1)CNC(=O)C2=O. The molecule has 0 unspecified atom stereocenters. The Bertz CT molecular complexity index is 417. The highest BCUT2D eigenvalue weighted by Gasteiger charge is 2.49. The van der Waals surface area contributed by atoms with Gasteiger partial charge in [0.05, 0.1) is 5.41 Å². The molecule has 2 rings (SSSR count). The lowest BCUT2D eigenvalue weighted by atomic mass is 9.77. The van der Waals surface area contributed by atoms with E-state index in [-0.39, 0.29) is 11.9 Å². The molecule has 0 saturated carbocycles. The van der Waals surface area contributed by atoms with Crippen LogP contribution in [0.15, 0.2) is 0 Å². The summed E-state index contributed by atoms with van der Waals surface area (Å²) in [6.45, 7) is 6.76. The minimum Gasteiger partial charge on any atom is -0.444 e. The van der Waals surface area contributed by atoms with Crippen LogP contribution in [0.4, 0.5) is 4.79 Å². The van der Waals surface area contributed by atoms with Crippen molar-refractivity contribution < 1.29 is 19.1 Å². The lowest BCUT2D eigenvalue weighted by Gasteiger charge is -2.37. The second-order valence-corrected chi connectivity index (χ2v) is 6.26. The molecule has 2 amide bonds. The molecule has 0 aromatic rings. The van der Waals surface area contributed by atoms with Crippen molar-refractivity contribution in [1.82, 2.24) is 10.2 Å². The summed E-state index contributed by atoms with van der Waals surface area (Å²) in [6.07, 6.45) is 0.681. The van der Waals surface area contributed by atoms with Crippen LogP contribution in [0.3, 0.4) is 0 Å². The topological polar surface area (TPSA) is 75.7 Å². The molecule has 1 N–H and O–H groups in total. The molecule has 0 bridgehead atoms. The fraction of sp³-hybridized carbons (Fsp3) is 0.769. The van der Waals surface area contributed by atoms with E-state index < -0.39 is 16.9 Å². The van der Waals surface area contributed by atoms with E-state index in [0.29, 0.717) is 32.5 Å². The highest BCUT2D eigenvalue weighted by molar-refractivity contribution is 6.40. The van der Waals surface area contributed by atoms with E-state index in [1.807, 2.05) is 20.8 Å². The predicted molar refractivity (Wildman–Crippen MR) is 67.5 cm³/mol. The highest BCUT2D eigenvalue weighted by Crippen LogP contribution is 2.35. The van der Waals surface area contributed by atoms with E-state index in [9.17, 15) is 14.4 Å². The number of ether oxygens (including phenoxy) is 1. The number of Topliss-reactive ketones (excluding diaryl/α,β-unsaturated/α-hetero) is 1. The van der Waals surface area contributed by atoms with E-state index in [1.54, 1.807) is 4.90 Å². The number of ketones is 1. The quantitative estimate of drug-likeness (QED) is 0.656. The summed E-state index contributed by atoms with van der Waals surface area (Å²) in [7, 11) is 0. The molecule has 0 atom stereocenters. The van der Waals surface area contributed by atoms with E-state index in [2.05, 4.69) is 5.32 Å². The third-order valence-corrected chi connectivity index (χ3v) is 3.65. The van der Waals surface area contributed by atoms with Gasteiger partial charge in [0.1, 0.15) is 5.60 Å². The first-order valence-corrected chi connectivity index (χ1v) is 6.54. The average Bonchev–Trinajstić information content (AvgIpc) is 2.57. The predicted octanol–water partition coefficient (Wildman–Crippen LogP) is 0.703. The average molecular weight is 268 g/mol. The van der Waals surface area contributed by atoms with Gasteiger partial charge in [-0.25, -0.2) is 4.79 Å². The van der Waals surface area contributed by atoms with Gasteiger partial charge in [-0.3, -0.25) is 9.59 Å². The van der Waals surface area contributed by atoms with Crippen LogP contribution in [0.5, 0.6) is 0 Å². The van der Waals surface area contributed by atoms with Crippen LogP contribution in [-0.4, -0.2) is 47.9 Å². The van der Waals surface area contributed by atoms with Crippen LogP contribution in [-0.2, 0) is 14.3 Å². The first-order chi connectivity index (χ1) is 8.73. The molecular weight excluding hydrogens is 248 g/mol. The van der Waals surface area contributed by atoms with Crippen LogP contribution < -0.4 is 5.32 Å². The number of hydrogen-bond acceptors (Lipinski definition) is 4. The van der Waals surface area contributed by atoms with Gasteiger partial charge in [0.15, 0.2) is 0 Å². The van der Waals surface area contributed by atoms with Gasteiger partial charge >= 0.3 is 6.09 Å². The zero-order valence-corrected chi connectivity index (χ0v) is 11.6. The van der Waals surface area contributed by atoms with Crippen molar-refractivity contribution in [3.63, 3.8) is 0 Å². The van der Waals surface area contributed by atoms with Crippen molar-refractivity contribution in [2.45, 2.75) is 39.2 Å². The first kappa shape index (κ1) is 13.8. The highest BCUT2D eigenvalue weighted by atomic mass is 16.6. The third-order valence-electron chi connectivity index (χ3n) is 3.65. The Kier molecular flexibility index (Phi) is 3.28. The number of carbonyl (C=O) groups is 3. The van der Waals surface area contributed by atoms with E-state index in [0.717, 1.165) is 0 Å². The molecule has 0 radical (unpaired) electrons. The van der Waals surface area contributed by atoms with Crippen LogP contribution >= 0.6 is 0 Å². The van der Waals surface area contributed by atoms with Gasteiger partial charge in [0.2, 0.25) is 5.78 Å². The maximum atomic E-state index is 11.9. The van der Waals surface area contributed by atoms with Gasteiger partial charge in [-0.1, -0.05) is 0 Å². The van der Waals surface area contributed by atoms with E-state index in [1.165, 1.54) is 0 Å². The van der Waals surface area contributed by atoms with Crippen molar-refractivity contribution in [1.29, 1.82) is 0 Å². The Morgan fingerprint density at radius 3 is 2.26 bits per heavy atom. The molecule has 6 nitrogen and oxygen atoms in total. The first-order valence-electron chi connectivity index (χ1n) is 6.54. The molecule has 6 heteroatoms. The lowest BCUT2D eigenvalue weighted by molar-refractivity contribution is -0.140. The third kappa shape index (κ3) is 2.72. The Morgan fingerprint density at radius 2 is 1.84 bits per heavy atom. The molecular formula is C13H20N2O4. The number of rotatable bonds is 0. The number of amides is 2. The number of likely N-dealkylation sites (tertiary alicyclic amines) is 1. The van der Waals surface area contributed by atoms with Crippen molar-refractivity contribution in [3.8, 4) is 0 Å². The molecule has 2 aliphatic heterocycles. The molecule has 2 heterocycles. The number of piperidine rings is 1. The Hall–Kier alpha value is -1.59. The molecule has 0 aromatic carbocycles. The summed E-state index contributed by atoms with van der Waals surface area (Å²) < 4.78 is 5.30. The Balaban J connectivity index is 1.95. The summed E-state index contributed by atoms with van der Waals surface area (Å²) in [5.41, 5.74) is -1.12. The Morgan fingerprint density at radius 1 is 1.26 bits per heavy atom. The van der Waals surface area contributed by atoms with Gasteiger partial charge in [0, 0.05) is 19.6 Å². The number of hydrogen-bond donors (Lipinski definition) is 1. The fourth-order valence-corrected chi connectivity index (χ4v) is 2.50. The fourth-order valence-electron chi connectivity index (χ4n) is 2.50. The maximum Gasteiger partial charge on any atom is 0.410 e. The normalized spacial score (nSPS) is 22.6. The summed E-state index contributed by atoms with van der Waals surface area (Å²) in [5.74, 6) is -0.831. The number of carbonyl (C=O) groups excluding carboxylic acids is 3. The van der Waals surface area contributed by atoms with Crippen LogP contribution in [0.1, 0.15) is 33.6 Å². The molecule has 2 saturated heterocycles. The van der Waals surface area contributed by atoms with E-state index in [4.69, 9.17) is 4.74 Å². The number of nitrogens with zero attached hydrogens (tertiary/aromatic N) is 1. The smallest absolute Gasteiger partial charge is 0.410 e. The molecule has 1 spiro atoms. The van der Waals surface area contributed by atoms with Crippen molar-refractivity contribution in [2.24, 2.45) is 5.41 Å². The van der Waals surface area contributed by atoms with E-state index >= 15 is 0 Å². The van der Waals surface area contributed by atoms with Crippen molar-refractivity contribution in [3.05, 3.63) is 0 Å². The Labute approximate surface area is 112 Å². The molecule has 106 valence electrons. The summed E-state index contributed by atoms with van der Waals surface area (Å²) in [6, 6.07) is 0. The van der Waals surface area contributed by atoms with Gasteiger partial charge in [-0.05, 0) is 33.6 Å². The van der Waals surface area contributed by atoms with Gasteiger partial charge < -0.3 is 15.0 Å². The molecule has 0 aromatic heterocycles. The molecule has 19 heavy (non-hydrogen) atoms. The summed E-state index contributed by atoms with van der Waals surface area (Å²) >= 11 is 0. The van der Waals surface area contributed by atoms with Crippen LogP contribution in [0.2, 0.25) is 0 Å². The second-order valence-electron chi connectivity index (χ2n) is 6.26. The summed E-state index contributed by atoms with van der Waals surface area (Å²) in [4.78, 5) is 36.6. The maximum absolute atomic E-state index is 11.9. The van der Waals surface area contributed by atoms with Crippen LogP contribution in [0.25, 0.3) is 0 Å². The standard InChI is InChI=1S/C13H20N2O4/c1-12(2,3)19-11(18)15-6-4-13(5-7-15)8-14-10(17)9(13)16/h4-8H2,1-3H3,(H,14,17). The van der Waals surface area contributed by atoms with Crippen molar-refractivity contribution in [2.75, 3.05) is 19.6 Å². The van der Waals surface area contributed by atoms with Crippen LogP contribution in [0, 0.1) is 5.41 Å². The minimum atomic E-state index is -0.602. The zero-order chi connectivity index (χ0) is 14.3. The largest absolute Gasteiger partial charge is 0.444 e. The second kappa shape index (κ2) is 4.51. The minimum absolute atomic E-state index is 0.337. The van der Waals surface area contributed by atoms with Gasteiger partial charge in [-0.15, -0.1) is 0 Å². The molecule has 2 fully saturated rings. The monoisotopic (exact) mass is 268 g/mol. The zero-order valence-electron chi connectivity index (χ0n) is 11.6. The van der Waals surface area contributed by atoms with Gasteiger partial charge in [-0.2, -0.15) is 0 Å². The lowest BCUT2D eigenvalue weighted by Crippen LogP contribution is -2.48. The molecule has 0 aliphatic carbocycles. The van der Waals surface area contributed by atoms with Crippen molar-refractivity contribution >= 4 is 17.8 Å². The number of nitrogens with one attached hydrogen (secondary N) is 1.